The van der Waals surface area contributed by atoms with Crippen molar-refractivity contribution in [2.75, 3.05) is 18.2 Å². The first-order valence-corrected chi connectivity index (χ1v) is 9.87. The summed E-state index contributed by atoms with van der Waals surface area (Å²) in [5.41, 5.74) is 2.26. The molecule has 3 aromatic rings. The first kappa shape index (κ1) is 19.7. The minimum atomic E-state index is -0.0709. The molecular weight excluding hydrogens is 370 g/mol. The zero-order chi connectivity index (χ0) is 19.8. The maximum absolute atomic E-state index is 12.5. The number of hydrogen-bond donors (Lipinski definition) is 1. The molecule has 0 heterocycles. The van der Waals surface area contributed by atoms with Crippen LogP contribution in [-0.2, 0) is 11.2 Å². The van der Waals surface area contributed by atoms with E-state index in [1.54, 1.807) is 19.2 Å². The van der Waals surface area contributed by atoms with Gasteiger partial charge in [-0.05, 0) is 35.9 Å². The predicted octanol–water partition coefficient (Wildman–Crippen LogP) is 4.85. The molecule has 0 bridgehead atoms. The van der Waals surface area contributed by atoms with Gasteiger partial charge < -0.3 is 10.1 Å². The number of nitrogens with one attached hydrogen (secondary N) is 1. The van der Waals surface area contributed by atoms with Crippen molar-refractivity contribution < 1.29 is 14.3 Å². The molecule has 0 saturated carbocycles. The summed E-state index contributed by atoms with van der Waals surface area (Å²) in [5.74, 6) is 0.802. The average molecular weight is 391 g/mol. The summed E-state index contributed by atoms with van der Waals surface area (Å²) in [5, 5.41) is 2.91. The Hall–Kier alpha value is -3.05. The van der Waals surface area contributed by atoms with Gasteiger partial charge >= 0.3 is 0 Å². The smallest absolute Gasteiger partial charge is 0.228 e. The quantitative estimate of drug-likeness (QED) is 0.440. The molecular formula is C23H21NO3S. The second-order valence-corrected chi connectivity index (χ2v) is 7.20. The molecule has 0 atom stereocenters. The summed E-state index contributed by atoms with van der Waals surface area (Å²) >= 11 is 1.43. The van der Waals surface area contributed by atoms with E-state index < -0.39 is 0 Å². The van der Waals surface area contributed by atoms with Crippen molar-refractivity contribution in [1.29, 1.82) is 0 Å². The van der Waals surface area contributed by atoms with Gasteiger partial charge in [-0.25, -0.2) is 0 Å². The SMILES string of the molecule is COc1ccccc1C(=O)CSc1cccc(NC(=O)Cc2ccccc2)c1. The Balaban J connectivity index is 1.59. The Morgan fingerprint density at radius 1 is 0.929 bits per heavy atom. The van der Waals surface area contributed by atoms with Gasteiger partial charge in [-0.1, -0.05) is 48.5 Å². The van der Waals surface area contributed by atoms with Crippen LogP contribution in [0.25, 0.3) is 0 Å². The third kappa shape index (κ3) is 5.47. The highest BCUT2D eigenvalue weighted by atomic mass is 32.2. The van der Waals surface area contributed by atoms with E-state index in [2.05, 4.69) is 5.32 Å². The molecule has 0 spiro atoms. The van der Waals surface area contributed by atoms with Gasteiger partial charge in [0.15, 0.2) is 5.78 Å². The number of Topliss-reactive ketones (excluding diaryl/α,β-unsaturated/α-hetero) is 1. The van der Waals surface area contributed by atoms with Crippen molar-refractivity contribution >= 4 is 29.1 Å². The lowest BCUT2D eigenvalue weighted by atomic mass is 10.1. The molecule has 28 heavy (non-hydrogen) atoms. The number of carbonyl (C=O) groups is 2. The van der Waals surface area contributed by atoms with Crippen molar-refractivity contribution in [3.63, 3.8) is 0 Å². The van der Waals surface area contributed by atoms with E-state index in [4.69, 9.17) is 4.74 Å². The summed E-state index contributed by atoms with van der Waals surface area (Å²) in [6.07, 6.45) is 0.324. The van der Waals surface area contributed by atoms with Crippen LogP contribution in [-0.4, -0.2) is 24.6 Å². The number of ketones is 1. The standard InChI is InChI=1S/C23H21NO3S/c1-27-22-13-6-5-12-20(22)21(25)16-28-19-11-7-10-18(15-19)24-23(26)14-17-8-3-2-4-9-17/h2-13,15H,14,16H2,1H3,(H,24,26). The fraction of sp³-hybridized carbons (Fsp3) is 0.130. The molecule has 0 radical (unpaired) electrons. The van der Waals surface area contributed by atoms with E-state index in [0.717, 1.165) is 16.1 Å². The summed E-state index contributed by atoms with van der Waals surface area (Å²) < 4.78 is 5.25. The van der Waals surface area contributed by atoms with Crippen LogP contribution in [0.2, 0.25) is 0 Å². The van der Waals surface area contributed by atoms with Crippen LogP contribution in [0.4, 0.5) is 5.69 Å². The van der Waals surface area contributed by atoms with Crippen molar-refractivity contribution in [3.05, 3.63) is 90.0 Å². The Morgan fingerprint density at radius 2 is 1.68 bits per heavy atom. The van der Waals surface area contributed by atoms with Gasteiger partial charge in [0.05, 0.1) is 24.8 Å². The highest BCUT2D eigenvalue weighted by Gasteiger charge is 2.12. The van der Waals surface area contributed by atoms with E-state index in [9.17, 15) is 9.59 Å². The van der Waals surface area contributed by atoms with E-state index in [0.29, 0.717) is 23.5 Å². The van der Waals surface area contributed by atoms with Gasteiger partial charge in [0, 0.05) is 10.6 Å². The van der Waals surface area contributed by atoms with Gasteiger partial charge in [-0.2, -0.15) is 0 Å². The minimum Gasteiger partial charge on any atom is -0.496 e. The maximum atomic E-state index is 12.5. The van der Waals surface area contributed by atoms with Gasteiger partial charge in [0.2, 0.25) is 5.91 Å². The minimum absolute atomic E-state index is 0.000895. The lowest BCUT2D eigenvalue weighted by Gasteiger charge is -2.09. The maximum Gasteiger partial charge on any atom is 0.228 e. The van der Waals surface area contributed by atoms with E-state index in [1.165, 1.54) is 11.8 Å². The molecule has 0 unspecified atom stereocenters. The van der Waals surface area contributed by atoms with Gasteiger partial charge in [0.1, 0.15) is 5.75 Å². The summed E-state index contributed by atoms with van der Waals surface area (Å²) in [6, 6.07) is 24.3. The number of para-hydroxylation sites is 1. The monoisotopic (exact) mass is 391 g/mol. The zero-order valence-corrected chi connectivity index (χ0v) is 16.4. The molecule has 5 heteroatoms. The number of rotatable bonds is 8. The van der Waals surface area contributed by atoms with Crippen LogP contribution < -0.4 is 10.1 Å². The number of hydrogen-bond acceptors (Lipinski definition) is 4. The first-order valence-electron chi connectivity index (χ1n) is 8.88. The Labute approximate surface area is 168 Å². The van der Waals surface area contributed by atoms with Crippen molar-refractivity contribution in [2.24, 2.45) is 0 Å². The number of carbonyl (C=O) groups excluding carboxylic acids is 2. The summed E-state index contributed by atoms with van der Waals surface area (Å²) in [6.45, 7) is 0. The molecule has 1 amide bonds. The molecule has 0 aliphatic heterocycles. The number of thioether (sulfide) groups is 1. The van der Waals surface area contributed by atoms with Crippen LogP contribution in [0.5, 0.6) is 5.75 Å². The van der Waals surface area contributed by atoms with Crippen molar-refractivity contribution in [2.45, 2.75) is 11.3 Å². The van der Waals surface area contributed by atoms with Crippen LogP contribution in [0.15, 0.2) is 83.8 Å². The van der Waals surface area contributed by atoms with Gasteiger partial charge in [0.25, 0.3) is 0 Å². The van der Waals surface area contributed by atoms with E-state index >= 15 is 0 Å². The highest BCUT2D eigenvalue weighted by molar-refractivity contribution is 8.00. The Bertz CT molecular complexity index is 957. The molecule has 0 fully saturated rings. The molecule has 1 N–H and O–H groups in total. The van der Waals surface area contributed by atoms with Crippen LogP contribution >= 0.6 is 11.8 Å². The third-order valence-electron chi connectivity index (χ3n) is 4.10. The number of amides is 1. The van der Waals surface area contributed by atoms with Crippen LogP contribution in [0, 0.1) is 0 Å². The number of methoxy groups -OCH3 is 1. The van der Waals surface area contributed by atoms with Crippen LogP contribution in [0.3, 0.4) is 0 Å². The molecule has 3 aromatic carbocycles. The second kappa shape index (κ2) is 9.76. The largest absolute Gasteiger partial charge is 0.496 e. The van der Waals surface area contributed by atoms with Crippen LogP contribution in [0.1, 0.15) is 15.9 Å². The van der Waals surface area contributed by atoms with Crippen molar-refractivity contribution in [1.82, 2.24) is 0 Å². The van der Waals surface area contributed by atoms with E-state index in [-0.39, 0.29) is 11.7 Å². The van der Waals surface area contributed by atoms with E-state index in [1.807, 2.05) is 66.7 Å². The molecule has 0 saturated heterocycles. The number of anilines is 1. The summed E-state index contributed by atoms with van der Waals surface area (Å²) in [4.78, 5) is 25.6. The predicted molar refractivity (Wildman–Crippen MR) is 113 cm³/mol. The lowest BCUT2D eigenvalue weighted by molar-refractivity contribution is -0.115. The summed E-state index contributed by atoms with van der Waals surface area (Å²) in [7, 11) is 1.56. The molecule has 0 aliphatic carbocycles. The molecule has 0 aliphatic rings. The lowest BCUT2D eigenvalue weighted by Crippen LogP contribution is -2.14. The molecule has 0 aromatic heterocycles. The Kier molecular flexibility index (Phi) is 6.87. The first-order chi connectivity index (χ1) is 13.7. The van der Waals surface area contributed by atoms with Crippen molar-refractivity contribution in [3.8, 4) is 5.75 Å². The zero-order valence-electron chi connectivity index (χ0n) is 15.6. The third-order valence-corrected chi connectivity index (χ3v) is 5.10. The fourth-order valence-electron chi connectivity index (χ4n) is 2.75. The number of ether oxygens (including phenoxy) is 1. The fourth-order valence-corrected chi connectivity index (χ4v) is 3.59. The molecule has 142 valence electrons. The topological polar surface area (TPSA) is 55.4 Å². The van der Waals surface area contributed by atoms with Gasteiger partial charge in [-0.3, -0.25) is 9.59 Å². The molecule has 3 rings (SSSR count). The highest BCUT2D eigenvalue weighted by Crippen LogP contribution is 2.25. The molecule has 4 nitrogen and oxygen atoms in total. The normalized spacial score (nSPS) is 10.3. The average Bonchev–Trinajstić information content (AvgIpc) is 2.73. The number of benzene rings is 3. The second-order valence-electron chi connectivity index (χ2n) is 6.15. The van der Waals surface area contributed by atoms with Gasteiger partial charge in [-0.15, -0.1) is 11.8 Å². The Morgan fingerprint density at radius 3 is 2.46 bits per heavy atom.